The highest BCUT2D eigenvalue weighted by Crippen LogP contribution is 2.25. The van der Waals surface area contributed by atoms with Crippen LogP contribution in [0.3, 0.4) is 0 Å². The largest absolute Gasteiger partial charge is 0.264 e. The van der Waals surface area contributed by atoms with Crippen molar-refractivity contribution in [1.82, 2.24) is 9.78 Å². The van der Waals surface area contributed by atoms with E-state index in [2.05, 4.69) is 21.0 Å². The summed E-state index contributed by atoms with van der Waals surface area (Å²) in [4.78, 5) is 0.00620. The molecule has 20 heavy (non-hydrogen) atoms. The van der Waals surface area contributed by atoms with Gasteiger partial charge in [0.15, 0.2) is 0 Å². The van der Waals surface area contributed by atoms with E-state index in [4.69, 9.17) is 10.7 Å². The zero-order valence-electron chi connectivity index (χ0n) is 10.7. The lowest BCUT2D eigenvalue weighted by Crippen LogP contribution is -2.05. The molecule has 0 bridgehead atoms. The number of rotatable bonds is 3. The Morgan fingerprint density at radius 3 is 2.60 bits per heavy atom. The first-order valence-electron chi connectivity index (χ1n) is 5.62. The van der Waals surface area contributed by atoms with Crippen molar-refractivity contribution in [2.75, 3.05) is 0 Å². The molecule has 0 amide bonds. The van der Waals surface area contributed by atoms with Crippen LogP contribution in [0.5, 0.6) is 0 Å². The predicted molar refractivity (Wildman–Crippen MR) is 77.9 cm³/mol. The first-order chi connectivity index (χ1) is 9.20. The molecule has 0 atom stereocenters. The molecular weight excluding hydrogens is 371 g/mol. The maximum absolute atomic E-state index is 13.3. The van der Waals surface area contributed by atoms with Gasteiger partial charge in [0.05, 0.1) is 17.9 Å². The summed E-state index contributed by atoms with van der Waals surface area (Å²) in [7, 11) is 1.54. The van der Waals surface area contributed by atoms with Gasteiger partial charge >= 0.3 is 0 Å². The van der Waals surface area contributed by atoms with E-state index in [0.717, 1.165) is 4.47 Å². The molecule has 0 aliphatic rings. The van der Waals surface area contributed by atoms with Crippen molar-refractivity contribution in [3.05, 3.63) is 45.4 Å². The van der Waals surface area contributed by atoms with Crippen molar-refractivity contribution in [3.63, 3.8) is 0 Å². The van der Waals surface area contributed by atoms with Crippen molar-refractivity contribution in [3.8, 4) is 0 Å². The third kappa shape index (κ3) is 3.05. The Morgan fingerprint density at radius 2 is 2.05 bits per heavy atom. The van der Waals surface area contributed by atoms with E-state index in [1.165, 1.54) is 16.8 Å². The molecule has 0 unspecified atom stereocenters. The Kier molecular flexibility index (Phi) is 4.22. The molecule has 1 aromatic carbocycles. The molecule has 0 spiro atoms. The van der Waals surface area contributed by atoms with Crippen LogP contribution in [-0.2, 0) is 15.6 Å². The Morgan fingerprint density at radius 1 is 1.40 bits per heavy atom. The van der Waals surface area contributed by atoms with E-state index in [1.54, 1.807) is 19.9 Å². The smallest absolute Gasteiger partial charge is 0.264 e. The lowest BCUT2D eigenvalue weighted by molar-refractivity contribution is 0.605. The molecule has 1 aromatic heterocycles. The average molecular weight is 382 g/mol. The van der Waals surface area contributed by atoms with E-state index >= 15 is 0 Å². The van der Waals surface area contributed by atoms with Crippen LogP contribution in [0.1, 0.15) is 17.0 Å². The standard InChI is InChI=1S/C12H11BrClFN2O2S/c1-7-12(20(14,18)19)8(2)17(16-7)6-9-5-10(15)3-4-11(9)13/h3-5H,6H2,1-2H3. The predicted octanol–water partition coefficient (Wildman–Crippen LogP) is 3.38. The van der Waals surface area contributed by atoms with Crippen LogP contribution in [-0.4, -0.2) is 18.2 Å². The number of nitrogens with zero attached hydrogens (tertiary/aromatic N) is 2. The molecule has 2 aromatic rings. The highest BCUT2D eigenvalue weighted by Gasteiger charge is 2.22. The Balaban J connectivity index is 2.48. The minimum atomic E-state index is -3.85. The summed E-state index contributed by atoms with van der Waals surface area (Å²) in [6, 6.07) is 4.30. The first-order valence-corrected chi connectivity index (χ1v) is 8.73. The second-order valence-electron chi connectivity index (χ2n) is 4.33. The minimum absolute atomic E-state index is 0.00620. The van der Waals surface area contributed by atoms with Crippen LogP contribution in [0.2, 0.25) is 0 Å². The van der Waals surface area contributed by atoms with Crippen LogP contribution in [0.4, 0.5) is 4.39 Å². The van der Waals surface area contributed by atoms with Crippen LogP contribution >= 0.6 is 26.6 Å². The van der Waals surface area contributed by atoms with Gasteiger partial charge in [-0.15, -0.1) is 0 Å². The number of hydrogen-bond acceptors (Lipinski definition) is 3. The van der Waals surface area contributed by atoms with Crippen molar-refractivity contribution in [1.29, 1.82) is 0 Å². The third-order valence-electron chi connectivity index (χ3n) is 2.89. The Labute approximate surface area is 129 Å². The van der Waals surface area contributed by atoms with Gasteiger partial charge in [-0.1, -0.05) is 15.9 Å². The summed E-state index contributed by atoms with van der Waals surface area (Å²) in [5.41, 5.74) is 1.41. The number of hydrogen-bond donors (Lipinski definition) is 0. The normalized spacial score (nSPS) is 11.8. The summed E-state index contributed by atoms with van der Waals surface area (Å²) in [6.45, 7) is 3.43. The number of halogens is 3. The SMILES string of the molecule is Cc1nn(Cc2cc(F)ccc2Br)c(C)c1S(=O)(=O)Cl. The van der Waals surface area contributed by atoms with E-state index in [-0.39, 0.29) is 17.3 Å². The molecule has 0 aliphatic carbocycles. The number of aromatic nitrogens is 2. The molecule has 0 saturated carbocycles. The fraction of sp³-hybridized carbons (Fsp3) is 0.250. The quantitative estimate of drug-likeness (QED) is 0.766. The molecule has 0 N–H and O–H groups in total. The van der Waals surface area contributed by atoms with Crippen LogP contribution < -0.4 is 0 Å². The third-order valence-corrected chi connectivity index (χ3v) is 5.20. The lowest BCUT2D eigenvalue weighted by Gasteiger charge is -2.07. The monoisotopic (exact) mass is 380 g/mol. The molecule has 0 radical (unpaired) electrons. The highest BCUT2D eigenvalue weighted by atomic mass is 79.9. The fourth-order valence-corrected chi connectivity index (χ4v) is 3.91. The summed E-state index contributed by atoms with van der Waals surface area (Å²) >= 11 is 3.33. The van der Waals surface area contributed by atoms with Crippen molar-refractivity contribution >= 4 is 35.7 Å². The van der Waals surface area contributed by atoms with E-state index in [1.807, 2.05) is 0 Å². The van der Waals surface area contributed by atoms with Gasteiger partial charge in [-0.05, 0) is 37.6 Å². The molecule has 0 saturated heterocycles. The molecule has 0 fully saturated rings. The van der Waals surface area contributed by atoms with Gasteiger partial charge in [0, 0.05) is 15.2 Å². The van der Waals surface area contributed by atoms with Gasteiger partial charge in [0.25, 0.3) is 9.05 Å². The Hall–Kier alpha value is -0.920. The maximum atomic E-state index is 13.3. The van der Waals surface area contributed by atoms with Gasteiger partial charge in [0.1, 0.15) is 10.7 Å². The fourth-order valence-electron chi connectivity index (χ4n) is 2.01. The minimum Gasteiger partial charge on any atom is -0.264 e. The first kappa shape index (κ1) is 15.5. The molecule has 1 heterocycles. The molecule has 4 nitrogen and oxygen atoms in total. The summed E-state index contributed by atoms with van der Waals surface area (Å²) in [6.07, 6.45) is 0. The van der Waals surface area contributed by atoms with Gasteiger partial charge < -0.3 is 0 Å². The van der Waals surface area contributed by atoms with Crippen molar-refractivity contribution < 1.29 is 12.8 Å². The summed E-state index contributed by atoms with van der Waals surface area (Å²) < 4.78 is 38.5. The summed E-state index contributed by atoms with van der Waals surface area (Å²) in [5, 5.41) is 4.15. The molecule has 108 valence electrons. The van der Waals surface area contributed by atoms with Crippen molar-refractivity contribution in [2.45, 2.75) is 25.3 Å². The zero-order chi connectivity index (χ0) is 15.1. The lowest BCUT2D eigenvalue weighted by atomic mass is 10.2. The number of benzene rings is 1. The van der Waals surface area contributed by atoms with Crippen LogP contribution in [0, 0.1) is 19.7 Å². The van der Waals surface area contributed by atoms with Gasteiger partial charge in [-0.25, -0.2) is 12.8 Å². The van der Waals surface area contributed by atoms with E-state index in [9.17, 15) is 12.8 Å². The summed E-state index contributed by atoms with van der Waals surface area (Å²) in [5.74, 6) is -0.366. The highest BCUT2D eigenvalue weighted by molar-refractivity contribution is 9.10. The second kappa shape index (κ2) is 5.46. The van der Waals surface area contributed by atoms with Crippen LogP contribution in [0.25, 0.3) is 0 Å². The molecule has 2 rings (SSSR count). The molecular formula is C12H11BrClFN2O2S. The van der Waals surface area contributed by atoms with Crippen LogP contribution in [0.15, 0.2) is 27.6 Å². The maximum Gasteiger partial charge on any atom is 0.264 e. The topological polar surface area (TPSA) is 52.0 Å². The Bertz CT molecular complexity index is 774. The molecule has 0 aliphatic heterocycles. The second-order valence-corrected chi connectivity index (χ2v) is 7.69. The zero-order valence-corrected chi connectivity index (χ0v) is 13.9. The average Bonchev–Trinajstić information content (AvgIpc) is 2.58. The van der Waals surface area contributed by atoms with E-state index < -0.39 is 9.05 Å². The van der Waals surface area contributed by atoms with Gasteiger partial charge in [0.2, 0.25) is 0 Å². The van der Waals surface area contributed by atoms with Crippen molar-refractivity contribution in [2.24, 2.45) is 0 Å². The van der Waals surface area contributed by atoms with Gasteiger partial charge in [-0.2, -0.15) is 5.10 Å². The molecule has 8 heteroatoms. The number of aryl methyl sites for hydroxylation is 1. The van der Waals surface area contributed by atoms with E-state index in [0.29, 0.717) is 17.0 Å². The van der Waals surface area contributed by atoms with Gasteiger partial charge in [-0.3, -0.25) is 4.68 Å².